The van der Waals surface area contributed by atoms with E-state index in [9.17, 15) is 4.79 Å². The van der Waals surface area contributed by atoms with E-state index < -0.39 is 0 Å². The number of rotatable bonds is 9. The van der Waals surface area contributed by atoms with Crippen LogP contribution in [0.1, 0.15) is 32.6 Å². The van der Waals surface area contributed by atoms with Crippen LogP contribution in [0.2, 0.25) is 0 Å². The van der Waals surface area contributed by atoms with E-state index in [1.54, 1.807) is 6.92 Å². The normalized spacial score (nSPS) is 10.9. The molecule has 0 atom stereocenters. The first-order valence-electron chi connectivity index (χ1n) is 5.49. The van der Waals surface area contributed by atoms with Crippen LogP contribution in [-0.4, -0.2) is 44.4 Å². The molecular formula is C11H24N2O. The highest BCUT2D eigenvalue weighted by molar-refractivity contribution is 5.75. The molecular weight excluding hydrogens is 176 g/mol. The van der Waals surface area contributed by atoms with Crippen molar-refractivity contribution in [2.75, 3.05) is 33.7 Å². The van der Waals surface area contributed by atoms with Crippen molar-refractivity contribution in [2.45, 2.75) is 32.6 Å². The van der Waals surface area contributed by atoms with Crippen molar-refractivity contribution in [3.05, 3.63) is 0 Å². The van der Waals surface area contributed by atoms with E-state index >= 15 is 0 Å². The molecule has 0 unspecified atom stereocenters. The number of hydrogen-bond acceptors (Lipinski definition) is 3. The van der Waals surface area contributed by atoms with Gasteiger partial charge in [-0.05, 0) is 59.9 Å². The van der Waals surface area contributed by atoms with Crippen molar-refractivity contribution in [1.29, 1.82) is 0 Å². The van der Waals surface area contributed by atoms with Crippen LogP contribution in [0.25, 0.3) is 0 Å². The predicted molar refractivity (Wildman–Crippen MR) is 60.6 cm³/mol. The second-order valence-corrected chi connectivity index (χ2v) is 3.92. The van der Waals surface area contributed by atoms with Gasteiger partial charge in [-0.1, -0.05) is 0 Å². The second kappa shape index (κ2) is 9.16. The van der Waals surface area contributed by atoms with Gasteiger partial charge in [0.05, 0.1) is 0 Å². The number of carbonyl (C=O) groups excluding carboxylic acids is 1. The third-order valence-electron chi connectivity index (χ3n) is 2.29. The Morgan fingerprint density at radius 3 is 2.43 bits per heavy atom. The Balaban J connectivity index is 3.18. The summed E-state index contributed by atoms with van der Waals surface area (Å²) in [5.41, 5.74) is 0. The minimum Gasteiger partial charge on any atom is -0.320 e. The first-order chi connectivity index (χ1) is 6.66. The van der Waals surface area contributed by atoms with Crippen molar-refractivity contribution in [3.8, 4) is 0 Å². The number of nitrogens with one attached hydrogen (secondary N) is 1. The largest absolute Gasteiger partial charge is 0.320 e. The van der Waals surface area contributed by atoms with E-state index in [4.69, 9.17) is 0 Å². The minimum absolute atomic E-state index is 0.308. The first kappa shape index (κ1) is 13.6. The maximum absolute atomic E-state index is 10.7. The molecule has 0 aromatic rings. The lowest BCUT2D eigenvalue weighted by Crippen LogP contribution is -2.23. The number of Topliss-reactive ketones (excluding diaryl/α,β-unsaturated/α-hetero) is 1. The van der Waals surface area contributed by atoms with E-state index in [-0.39, 0.29) is 0 Å². The Labute approximate surface area is 87.9 Å². The van der Waals surface area contributed by atoms with Crippen LogP contribution in [0.3, 0.4) is 0 Å². The Hall–Kier alpha value is -0.410. The summed E-state index contributed by atoms with van der Waals surface area (Å²) in [6.07, 6.45) is 4.10. The zero-order valence-electron chi connectivity index (χ0n) is 9.81. The van der Waals surface area contributed by atoms with Gasteiger partial charge in [-0.2, -0.15) is 0 Å². The third-order valence-corrected chi connectivity index (χ3v) is 2.29. The summed E-state index contributed by atoms with van der Waals surface area (Å²) in [6.45, 7) is 4.99. The van der Waals surface area contributed by atoms with Gasteiger partial charge in [-0.25, -0.2) is 0 Å². The molecule has 0 aliphatic carbocycles. The molecule has 0 fully saturated rings. The van der Waals surface area contributed by atoms with E-state index in [0.29, 0.717) is 5.78 Å². The first-order valence-corrected chi connectivity index (χ1v) is 5.49. The summed E-state index contributed by atoms with van der Waals surface area (Å²) in [4.78, 5) is 13.0. The Morgan fingerprint density at radius 2 is 1.86 bits per heavy atom. The summed E-state index contributed by atoms with van der Waals surface area (Å²) in [7, 11) is 4.12. The fraction of sp³-hybridized carbons (Fsp3) is 0.909. The minimum atomic E-state index is 0.308. The molecule has 84 valence electrons. The standard InChI is InChI=1S/C11H24N2O/c1-11(14)7-4-5-9-13(3)10-6-8-12-2/h12H,4-10H2,1-3H3. The van der Waals surface area contributed by atoms with Gasteiger partial charge in [0.25, 0.3) is 0 Å². The topological polar surface area (TPSA) is 32.3 Å². The van der Waals surface area contributed by atoms with E-state index in [2.05, 4.69) is 17.3 Å². The van der Waals surface area contributed by atoms with Crippen LogP contribution in [0.5, 0.6) is 0 Å². The van der Waals surface area contributed by atoms with Crippen molar-refractivity contribution in [3.63, 3.8) is 0 Å². The Morgan fingerprint density at radius 1 is 1.21 bits per heavy atom. The molecule has 0 heterocycles. The molecule has 3 heteroatoms. The number of unbranched alkanes of at least 4 members (excludes halogenated alkanes) is 1. The maximum Gasteiger partial charge on any atom is 0.129 e. The fourth-order valence-corrected chi connectivity index (χ4v) is 1.39. The molecule has 0 aromatic heterocycles. The van der Waals surface area contributed by atoms with Gasteiger partial charge in [-0.15, -0.1) is 0 Å². The zero-order valence-corrected chi connectivity index (χ0v) is 9.81. The Kier molecular flexibility index (Phi) is 8.89. The summed E-state index contributed by atoms with van der Waals surface area (Å²) < 4.78 is 0. The lowest BCUT2D eigenvalue weighted by atomic mass is 10.2. The lowest BCUT2D eigenvalue weighted by Gasteiger charge is -2.15. The molecule has 1 N–H and O–H groups in total. The van der Waals surface area contributed by atoms with E-state index in [1.165, 1.54) is 6.42 Å². The maximum atomic E-state index is 10.7. The van der Waals surface area contributed by atoms with Crippen LogP contribution >= 0.6 is 0 Å². The van der Waals surface area contributed by atoms with E-state index in [0.717, 1.165) is 38.9 Å². The summed E-state index contributed by atoms with van der Waals surface area (Å²) >= 11 is 0. The van der Waals surface area contributed by atoms with Crippen LogP contribution in [0.15, 0.2) is 0 Å². The molecule has 3 nitrogen and oxygen atoms in total. The molecule has 0 bridgehead atoms. The van der Waals surface area contributed by atoms with Crippen LogP contribution in [0.4, 0.5) is 0 Å². The van der Waals surface area contributed by atoms with Crippen molar-refractivity contribution >= 4 is 5.78 Å². The molecule has 0 rings (SSSR count). The Bertz CT molecular complexity index is 148. The van der Waals surface area contributed by atoms with Crippen molar-refractivity contribution in [2.24, 2.45) is 0 Å². The predicted octanol–water partition coefficient (Wildman–Crippen LogP) is 1.29. The van der Waals surface area contributed by atoms with Crippen LogP contribution < -0.4 is 5.32 Å². The highest BCUT2D eigenvalue weighted by Gasteiger charge is 1.98. The van der Waals surface area contributed by atoms with Gasteiger partial charge in [-0.3, -0.25) is 0 Å². The van der Waals surface area contributed by atoms with Gasteiger partial charge in [0.15, 0.2) is 0 Å². The van der Waals surface area contributed by atoms with Gasteiger partial charge >= 0.3 is 0 Å². The quantitative estimate of drug-likeness (QED) is 0.569. The smallest absolute Gasteiger partial charge is 0.129 e. The highest BCUT2D eigenvalue weighted by Crippen LogP contribution is 1.98. The molecule has 0 amide bonds. The van der Waals surface area contributed by atoms with E-state index in [1.807, 2.05) is 7.05 Å². The molecule has 0 aromatic carbocycles. The molecule has 0 saturated heterocycles. The number of ketones is 1. The molecule has 0 aliphatic heterocycles. The number of nitrogens with zero attached hydrogens (tertiary/aromatic N) is 1. The lowest BCUT2D eigenvalue weighted by molar-refractivity contribution is -0.117. The van der Waals surface area contributed by atoms with Gasteiger partial charge < -0.3 is 15.0 Å². The average Bonchev–Trinajstić information content (AvgIpc) is 2.13. The molecule has 0 radical (unpaired) electrons. The summed E-state index contributed by atoms with van der Waals surface area (Å²) in [5, 5.41) is 3.13. The molecule has 0 aliphatic rings. The van der Waals surface area contributed by atoms with Gasteiger partial charge in [0.1, 0.15) is 5.78 Å². The van der Waals surface area contributed by atoms with Crippen LogP contribution in [0, 0.1) is 0 Å². The fourth-order valence-electron chi connectivity index (χ4n) is 1.39. The van der Waals surface area contributed by atoms with Crippen LogP contribution in [-0.2, 0) is 4.79 Å². The number of hydrogen-bond donors (Lipinski definition) is 1. The monoisotopic (exact) mass is 200 g/mol. The molecule has 0 saturated carbocycles. The van der Waals surface area contributed by atoms with Gasteiger partial charge in [0, 0.05) is 6.42 Å². The van der Waals surface area contributed by atoms with Gasteiger partial charge in [0.2, 0.25) is 0 Å². The SMILES string of the molecule is CNCCCN(C)CCCCC(C)=O. The van der Waals surface area contributed by atoms with Crippen molar-refractivity contribution < 1.29 is 4.79 Å². The third kappa shape index (κ3) is 9.68. The highest BCUT2D eigenvalue weighted by atomic mass is 16.1. The van der Waals surface area contributed by atoms with Crippen molar-refractivity contribution in [1.82, 2.24) is 10.2 Å². The number of carbonyl (C=O) groups is 1. The molecule has 14 heavy (non-hydrogen) atoms. The average molecular weight is 200 g/mol. The second-order valence-electron chi connectivity index (χ2n) is 3.92. The summed E-state index contributed by atoms with van der Waals surface area (Å²) in [5.74, 6) is 0.308. The summed E-state index contributed by atoms with van der Waals surface area (Å²) in [6, 6.07) is 0. The molecule has 0 spiro atoms. The zero-order chi connectivity index (χ0) is 10.8.